The Labute approximate surface area is 159 Å². The van der Waals surface area contributed by atoms with E-state index >= 15 is 0 Å². The van der Waals surface area contributed by atoms with Gasteiger partial charge in [0.25, 0.3) is 0 Å². The molecule has 1 saturated carbocycles. The molecule has 2 N–H and O–H groups in total. The molecule has 5 nitrogen and oxygen atoms in total. The van der Waals surface area contributed by atoms with Gasteiger partial charge >= 0.3 is 0 Å². The van der Waals surface area contributed by atoms with E-state index in [9.17, 15) is 0 Å². The summed E-state index contributed by atoms with van der Waals surface area (Å²) in [6, 6.07) is 0. The molecule has 0 aliphatic heterocycles. The summed E-state index contributed by atoms with van der Waals surface area (Å²) in [5.74, 6) is 1.42. The van der Waals surface area contributed by atoms with Gasteiger partial charge < -0.3 is 20.1 Å². The third-order valence-corrected chi connectivity index (χ3v) is 3.73. The first kappa shape index (κ1) is 22.9. The lowest BCUT2D eigenvalue weighted by molar-refractivity contribution is 0.0277. The van der Waals surface area contributed by atoms with Crippen molar-refractivity contribution in [2.24, 2.45) is 10.9 Å². The highest BCUT2D eigenvalue weighted by Crippen LogP contribution is 2.20. The molecule has 1 aliphatic carbocycles. The van der Waals surface area contributed by atoms with Gasteiger partial charge in [-0.15, -0.1) is 24.0 Å². The van der Waals surface area contributed by atoms with Crippen LogP contribution in [0.3, 0.4) is 0 Å². The number of nitrogens with one attached hydrogen (secondary N) is 2. The molecule has 0 unspecified atom stereocenters. The molecule has 0 aromatic heterocycles. The third-order valence-electron chi connectivity index (χ3n) is 3.73. The minimum absolute atomic E-state index is 0. The number of nitrogens with zero attached hydrogens (tertiary/aromatic N) is 1. The Morgan fingerprint density at radius 2 is 1.78 bits per heavy atom. The summed E-state index contributed by atoms with van der Waals surface area (Å²) in [6.45, 7) is 8.35. The second-order valence-electron chi connectivity index (χ2n) is 6.38. The van der Waals surface area contributed by atoms with E-state index in [-0.39, 0.29) is 24.0 Å². The lowest BCUT2D eigenvalue weighted by Crippen LogP contribution is -2.39. The normalized spacial score (nSPS) is 16.3. The summed E-state index contributed by atoms with van der Waals surface area (Å²) in [5, 5.41) is 6.57. The molecule has 0 aromatic rings. The molecule has 1 rings (SSSR count). The van der Waals surface area contributed by atoms with Crippen molar-refractivity contribution in [1.82, 2.24) is 10.6 Å². The van der Waals surface area contributed by atoms with Crippen molar-refractivity contribution >= 4 is 29.9 Å². The van der Waals surface area contributed by atoms with Crippen molar-refractivity contribution in [2.75, 3.05) is 40.0 Å². The van der Waals surface area contributed by atoms with Gasteiger partial charge in [-0.05, 0) is 25.2 Å². The van der Waals surface area contributed by atoms with Crippen LogP contribution >= 0.6 is 24.0 Å². The van der Waals surface area contributed by atoms with Gasteiger partial charge in [0.05, 0.1) is 12.7 Å². The molecule has 23 heavy (non-hydrogen) atoms. The number of hydrogen-bond donors (Lipinski definition) is 2. The topological polar surface area (TPSA) is 54.9 Å². The standard InChI is InChI=1S/C17H35N3O2.HI/c1-15(2)14-21-13-11-20-17(18-3)19-10-7-12-22-16-8-5-4-6-9-16;/h15-16H,4-14H2,1-3H3,(H2,18,19,20);1H. The molecule has 0 spiro atoms. The highest BCUT2D eigenvalue weighted by molar-refractivity contribution is 14.0. The summed E-state index contributed by atoms with van der Waals surface area (Å²) in [6.07, 6.45) is 8.05. The van der Waals surface area contributed by atoms with Crippen LogP contribution in [0.25, 0.3) is 0 Å². The summed E-state index contributed by atoms with van der Waals surface area (Å²) < 4.78 is 11.4. The number of rotatable bonds is 10. The van der Waals surface area contributed by atoms with Crippen molar-refractivity contribution in [3.8, 4) is 0 Å². The van der Waals surface area contributed by atoms with E-state index in [0.717, 1.165) is 38.7 Å². The summed E-state index contributed by atoms with van der Waals surface area (Å²) in [4.78, 5) is 4.21. The maximum absolute atomic E-state index is 5.91. The molecule has 6 heteroatoms. The van der Waals surface area contributed by atoms with Crippen molar-refractivity contribution in [3.63, 3.8) is 0 Å². The van der Waals surface area contributed by atoms with E-state index in [1.165, 1.54) is 32.1 Å². The van der Waals surface area contributed by atoms with Crippen LogP contribution in [0.2, 0.25) is 0 Å². The number of hydrogen-bond acceptors (Lipinski definition) is 3. The van der Waals surface area contributed by atoms with Crippen LogP contribution in [-0.4, -0.2) is 52.0 Å². The molecule has 0 bridgehead atoms. The Hall–Kier alpha value is -0.0800. The molecular formula is C17H36IN3O2. The maximum atomic E-state index is 5.91. The molecular weight excluding hydrogens is 405 g/mol. The quantitative estimate of drug-likeness (QED) is 0.237. The van der Waals surface area contributed by atoms with Crippen molar-refractivity contribution in [2.45, 2.75) is 58.5 Å². The molecule has 0 atom stereocenters. The van der Waals surface area contributed by atoms with E-state index in [1.807, 2.05) is 0 Å². The number of ether oxygens (including phenoxy) is 2. The van der Waals surface area contributed by atoms with Gasteiger partial charge in [-0.2, -0.15) is 0 Å². The molecule has 138 valence electrons. The largest absolute Gasteiger partial charge is 0.379 e. The molecule has 0 heterocycles. The third kappa shape index (κ3) is 12.9. The molecule has 0 amide bonds. The van der Waals surface area contributed by atoms with Gasteiger partial charge in [-0.3, -0.25) is 4.99 Å². The highest BCUT2D eigenvalue weighted by atomic mass is 127. The smallest absolute Gasteiger partial charge is 0.191 e. The van der Waals surface area contributed by atoms with Crippen molar-refractivity contribution in [3.05, 3.63) is 0 Å². The summed E-state index contributed by atoms with van der Waals surface area (Å²) in [7, 11) is 1.79. The first-order chi connectivity index (χ1) is 10.7. The fourth-order valence-electron chi connectivity index (χ4n) is 2.54. The average Bonchev–Trinajstić information content (AvgIpc) is 2.53. The maximum Gasteiger partial charge on any atom is 0.191 e. The first-order valence-electron chi connectivity index (χ1n) is 8.86. The lowest BCUT2D eigenvalue weighted by atomic mass is 9.98. The lowest BCUT2D eigenvalue weighted by Gasteiger charge is -2.22. The van der Waals surface area contributed by atoms with E-state index in [1.54, 1.807) is 7.05 Å². The van der Waals surface area contributed by atoms with E-state index in [2.05, 4.69) is 29.5 Å². The van der Waals surface area contributed by atoms with Crippen LogP contribution in [-0.2, 0) is 9.47 Å². The fourth-order valence-corrected chi connectivity index (χ4v) is 2.54. The van der Waals surface area contributed by atoms with E-state index in [0.29, 0.717) is 18.6 Å². The van der Waals surface area contributed by atoms with Crippen LogP contribution in [0, 0.1) is 5.92 Å². The number of halogens is 1. The Morgan fingerprint density at radius 1 is 1.09 bits per heavy atom. The molecule has 0 aromatic carbocycles. The van der Waals surface area contributed by atoms with Gasteiger partial charge in [0.2, 0.25) is 0 Å². The van der Waals surface area contributed by atoms with Crippen LogP contribution in [0.1, 0.15) is 52.4 Å². The average molecular weight is 441 g/mol. The van der Waals surface area contributed by atoms with Gasteiger partial charge in [0.15, 0.2) is 5.96 Å². The van der Waals surface area contributed by atoms with Gasteiger partial charge in [0, 0.05) is 33.4 Å². The summed E-state index contributed by atoms with van der Waals surface area (Å²) >= 11 is 0. The molecule has 1 fully saturated rings. The molecule has 0 radical (unpaired) electrons. The van der Waals surface area contributed by atoms with E-state index < -0.39 is 0 Å². The van der Waals surface area contributed by atoms with Gasteiger partial charge in [0.1, 0.15) is 0 Å². The van der Waals surface area contributed by atoms with Crippen molar-refractivity contribution < 1.29 is 9.47 Å². The Bertz CT molecular complexity index is 296. The number of aliphatic imine (C=N–C) groups is 1. The predicted octanol–water partition coefficient (Wildman–Crippen LogP) is 3.18. The minimum Gasteiger partial charge on any atom is -0.379 e. The van der Waals surface area contributed by atoms with Crippen LogP contribution in [0.5, 0.6) is 0 Å². The fraction of sp³-hybridized carbons (Fsp3) is 0.941. The van der Waals surface area contributed by atoms with Crippen molar-refractivity contribution in [1.29, 1.82) is 0 Å². The second-order valence-corrected chi connectivity index (χ2v) is 6.38. The number of guanidine groups is 1. The van der Waals surface area contributed by atoms with Crippen LogP contribution < -0.4 is 10.6 Å². The zero-order valence-electron chi connectivity index (χ0n) is 15.1. The molecule has 1 aliphatic rings. The second kappa shape index (κ2) is 15.4. The first-order valence-corrected chi connectivity index (χ1v) is 8.86. The zero-order chi connectivity index (χ0) is 16.0. The Balaban J connectivity index is 0.00000484. The van der Waals surface area contributed by atoms with Gasteiger partial charge in [-0.1, -0.05) is 33.1 Å². The van der Waals surface area contributed by atoms with Crippen LogP contribution in [0.15, 0.2) is 4.99 Å². The highest BCUT2D eigenvalue weighted by Gasteiger charge is 2.12. The Kier molecular flexibility index (Phi) is 15.4. The van der Waals surface area contributed by atoms with Gasteiger partial charge in [-0.25, -0.2) is 0 Å². The Morgan fingerprint density at radius 3 is 2.43 bits per heavy atom. The monoisotopic (exact) mass is 441 g/mol. The van der Waals surface area contributed by atoms with E-state index in [4.69, 9.17) is 9.47 Å². The van der Waals surface area contributed by atoms with Crippen LogP contribution in [0.4, 0.5) is 0 Å². The minimum atomic E-state index is 0. The zero-order valence-corrected chi connectivity index (χ0v) is 17.4. The molecule has 0 saturated heterocycles. The predicted molar refractivity (Wildman–Crippen MR) is 108 cm³/mol. The SMILES string of the molecule is CN=C(NCCCOC1CCCCC1)NCCOCC(C)C.I. The summed E-state index contributed by atoms with van der Waals surface area (Å²) in [5.41, 5.74) is 0.